The number of esters is 2. The lowest BCUT2D eigenvalue weighted by atomic mass is 10.1. The Morgan fingerprint density at radius 2 is 1.43 bits per heavy atom. The molecule has 3 atom stereocenters. The molecule has 0 aromatic carbocycles. The van der Waals surface area contributed by atoms with Crippen LogP contribution < -0.4 is 0 Å². The molecule has 0 amide bonds. The molecule has 3 N–H and O–H groups in total. The summed E-state index contributed by atoms with van der Waals surface area (Å²) in [6, 6.07) is 0. The molecule has 0 spiro atoms. The van der Waals surface area contributed by atoms with Crippen molar-refractivity contribution in [2.75, 3.05) is 26.4 Å². The van der Waals surface area contributed by atoms with Crippen LogP contribution in [0, 0.1) is 0 Å². The Hall–Kier alpha value is -1.03. The number of hydrogen-bond acceptors (Lipinski definition) is 9. The van der Waals surface area contributed by atoms with Crippen LogP contribution in [0.2, 0.25) is 0 Å². The van der Waals surface area contributed by atoms with E-state index in [-0.39, 0.29) is 19.4 Å². The Labute approximate surface area is 178 Å². The molecule has 0 aromatic heterocycles. The fraction of sp³-hybridized carbons (Fsp3) is 0.895. The van der Waals surface area contributed by atoms with Crippen molar-refractivity contribution in [2.45, 2.75) is 83.8 Å². The number of unbranched alkanes of at least 4 members (excludes halogenated alkanes) is 5. The first-order valence-corrected chi connectivity index (χ1v) is 12.0. The summed E-state index contributed by atoms with van der Waals surface area (Å²) in [5.74, 6) is -0.979. The molecule has 11 heteroatoms. The molecule has 178 valence electrons. The number of carbonyl (C=O) groups excluding carboxylic acids is 2. The number of hydrogen-bond donors (Lipinski definition) is 3. The van der Waals surface area contributed by atoms with Crippen LogP contribution in [0.5, 0.6) is 0 Å². The molecule has 0 aliphatic rings. The van der Waals surface area contributed by atoms with Gasteiger partial charge in [0.05, 0.1) is 19.8 Å². The maximum Gasteiger partial charge on any atom is 0.472 e. The Kier molecular flexibility index (Phi) is 17.0. The van der Waals surface area contributed by atoms with Gasteiger partial charge >= 0.3 is 19.8 Å². The van der Waals surface area contributed by atoms with Crippen molar-refractivity contribution in [3.05, 3.63) is 0 Å². The molecular formula is C19H37O10P. The number of aliphatic hydroxyl groups excluding tert-OH is 2. The summed E-state index contributed by atoms with van der Waals surface area (Å²) in [7, 11) is -4.56. The van der Waals surface area contributed by atoms with Gasteiger partial charge in [-0.15, -0.1) is 0 Å². The molecule has 0 saturated heterocycles. The summed E-state index contributed by atoms with van der Waals surface area (Å²) < 4.78 is 31.5. The summed E-state index contributed by atoms with van der Waals surface area (Å²) in [6.45, 7) is 1.95. The normalized spacial score (nSPS) is 15.2. The van der Waals surface area contributed by atoms with Crippen molar-refractivity contribution in [2.24, 2.45) is 0 Å². The van der Waals surface area contributed by atoms with Gasteiger partial charge in [0.1, 0.15) is 12.7 Å². The van der Waals surface area contributed by atoms with Crippen LogP contribution in [0.1, 0.15) is 71.6 Å². The first-order valence-electron chi connectivity index (χ1n) is 10.5. The van der Waals surface area contributed by atoms with E-state index < -0.39 is 51.8 Å². The minimum atomic E-state index is -4.56. The fourth-order valence-electron chi connectivity index (χ4n) is 2.28. The van der Waals surface area contributed by atoms with Gasteiger partial charge in [-0.2, -0.15) is 0 Å². The van der Waals surface area contributed by atoms with Gasteiger partial charge < -0.3 is 24.6 Å². The van der Waals surface area contributed by atoms with Crippen LogP contribution in [0.25, 0.3) is 0 Å². The Morgan fingerprint density at radius 3 is 2.07 bits per heavy atom. The van der Waals surface area contributed by atoms with Crippen molar-refractivity contribution < 1.29 is 47.8 Å². The predicted octanol–water partition coefficient (Wildman–Crippen LogP) is 2.48. The van der Waals surface area contributed by atoms with Crippen molar-refractivity contribution in [3.8, 4) is 0 Å². The highest BCUT2D eigenvalue weighted by atomic mass is 31.2. The van der Waals surface area contributed by atoms with Crippen LogP contribution in [0.15, 0.2) is 0 Å². The van der Waals surface area contributed by atoms with Gasteiger partial charge in [0.2, 0.25) is 0 Å². The zero-order valence-corrected chi connectivity index (χ0v) is 18.9. The lowest BCUT2D eigenvalue weighted by molar-refractivity contribution is -0.161. The van der Waals surface area contributed by atoms with Gasteiger partial charge in [-0.3, -0.25) is 18.6 Å². The van der Waals surface area contributed by atoms with E-state index in [0.717, 1.165) is 32.1 Å². The quantitative estimate of drug-likeness (QED) is 0.150. The number of carbonyl (C=O) groups is 2. The van der Waals surface area contributed by atoms with Crippen molar-refractivity contribution in [1.29, 1.82) is 0 Å². The van der Waals surface area contributed by atoms with E-state index >= 15 is 0 Å². The van der Waals surface area contributed by atoms with Crippen LogP contribution >= 0.6 is 7.82 Å². The van der Waals surface area contributed by atoms with Crippen LogP contribution in [0.4, 0.5) is 0 Å². The smallest absolute Gasteiger partial charge is 0.462 e. The maximum absolute atomic E-state index is 12.0. The standard InChI is InChI=1S/C19H37O10P/c1-3-5-7-9-11-19(23)29-17(14-26-18(22)10-8-6-4-2)15-28-30(24,25)27-13-16(21)12-20/h16-17,20-21H,3-15H2,1-2H3,(H,24,25)/t16-,17+/m0/s1. The summed E-state index contributed by atoms with van der Waals surface area (Å²) in [5.41, 5.74) is 0. The zero-order chi connectivity index (χ0) is 22.8. The monoisotopic (exact) mass is 456 g/mol. The third kappa shape index (κ3) is 16.7. The predicted molar refractivity (Wildman–Crippen MR) is 109 cm³/mol. The molecular weight excluding hydrogens is 419 g/mol. The fourth-order valence-corrected chi connectivity index (χ4v) is 3.07. The van der Waals surface area contributed by atoms with Gasteiger partial charge in [0, 0.05) is 12.8 Å². The second-order valence-electron chi connectivity index (χ2n) is 6.96. The Bertz CT molecular complexity index is 514. The summed E-state index contributed by atoms with van der Waals surface area (Å²) in [6.07, 6.45) is 4.07. The highest BCUT2D eigenvalue weighted by Gasteiger charge is 2.27. The molecule has 10 nitrogen and oxygen atoms in total. The average molecular weight is 456 g/mol. The Morgan fingerprint density at radius 1 is 0.867 bits per heavy atom. The van der Waals surface area contributed by atoms with Crippen molar-refractivity contribution >= 4 is 19.8 Å². The van der Waals surface area contributed by atoms with Gasteiger partial charge in [-0.1, -0.05) is 46.0 Å². The second kappa shape index (κ2) is 17.6. The summed E-state index contributed by atoms with van der Waals surface area (Å²) >= 11 is 0. The first-order chi connectivity index (χ1) is 14.2. The number of phosphoric acid groups is 1. The van der Waals surface area contributed by atoms with Crippen LogP contribution in [0.3, 0.4) is 0 Å². The summed E-state index contributed by atoms with van der Waals surface area (Å²) in [4.78, 5) is 33.4. The molecule has 0 heterocycles. The molecule has 0 aliphatic carbocycles. The molecule has 0 rings (SSSR count). The third-order valence-corrected chi connectivity index (χ3v) is 4.96. The molecule has 0 bridgehead atoms. The highest BCUT2D eigenvalue weighted by molar-refractivity contribution is 7.47. The second-order valence-corrected chi connectivity index (χ2v) is 8.41. The van der Waals surface area contributed by atoms with Gasteiger partial charge in [0.25, 0.3) is 0 Å². The Balaban J connectivity index is 4.62. The number of aliphatic hydroxyl groups is 2. The number of ether oxygens (including phenoxy) is 2. The largest absolute Gasteiger partial charge is 0.472 e. The topological polar surface area (TPSA) is 149 Å². The van der Waals surface area contributed by atoms with E-state index in [1.165, 1.54) is 0 Å². The lowest BCUT2D eigenvalue weighted by Gasteiger charge is -2.20. The van der Waals surface area contributed by atoms with Gasteiger partial charge in [-0.25, -0.2) is 4.57 Å². The van der Waals surface area contributed by atoms with Crippen LogP contribution in [-0.4, -0.2) is 65.7 Å². The molecule has 0 fully saturated rings. The summed E-state index contributed by atoms with van der Waals surface area (Å²) in [5, 5.41) is 17.9. The van der Waals surface area contributed by atoms with E-state index in [1.807, 2.05) is 6.92 Å². The molecule has 0 radical (unpaired) electrons. The average Bonchev–Trinajstić information content (AvgIpc) is 2.71. The number of rotatable bonds is 19. The molecule has 30 heavy (non-hydrogen) atoms. The van der Waals surface area contributed by atoms with Crippen LogP contribution in [-0.2, 0) is 32.7 Å². The third-order valence-electron chi connectivity index (χ3n) is 4.01. The van der Waals surface area contributed by atoms with E-state index in [1.54, 1.807) is 0 Å². The van der Waals surface area contributed by atoms with Crippen molar-refractivity contribution in [3.63, 3.8) is 0 Å². The zero-order valence-electron chi connectivity index (χ0n) is 18.0. The SMILES string of the molecule is CCCCCCC(=O)O[C@H](COC(=O)CCCCC)COP(=O)(O)OC[C@@H](O)CO. The van der Waals surface area contributed by atoms with E-state index in [2.05, 4.69) is 11.4 Å². The van der Waals surface area contributed by atoms with Gasteiger partial charge in [0.15, 0.2) is 6.10 Å². The minimum absolute atomic E-state index is 0.178. The molecule has 0 aromatic rings. The van der Waals surface area contributed by atoms with E-state index in [4.69, 9.17) is 19.1 Å². The van der Waals surface area contributed by atoms with E-state index in [9.17, 15) is 24.2 Å². The minimum Gasteiger partial charge on any atom is -0.462 e. The highest BCUT2D eigenvalue weighted by Crippen LogP contribution is 2.43. The molecule has 0 aliphatic heterocycles. The van der Waals surface area contributed by atoms with Gasteiger partial charge in [-0.05, 0) is 12.8 Å². The maximum atomic E-state index is 12.0. The van der Waals surface area contributed by atoms with E-state index in [0.29, 0.717) is 12.8 Å². The van der Waals surface area contributed by atoms with Crippen molar-refractivity contribution in [1.82, 2.24) is 0 Å². The lowest BCUT2D eigenvalue weighted by Crippen LogP contribution is -2.29. The molecule has 1 unspecified atom stereocenters. The number of phosphoric ester groups is 1. The molecule has 0 saturated carbocycles. The first kappa shape index (κ1) is 29.0.